The maximum absolute atomic E-state index is 12.5. The third-order valence-corrected chi connectivity index (χ3v) is 4.71. The molecule has 25 heavy (non-hydrogen) atoms. The Balaban J connectivity index is 1.78. The largest absolute Gasteiger partial charge is 0.453 e. The molecule has 0 unspecified atom stereocenters. The molecule has 3 aromatic rings. The molecule has 7 nitrogen and oxygen atoms in total. The molecule has 1 amide bonds. The second kappa shape index (κ2) is 6.86. The lowest BCUT2D eigenvalue weighted by Gasteiger charge is -1.98. The summed E-state index contributed by atoms with van der Waals surface area (Å²) in [4.78, 5) is 35.2. The van der Waals surface area contributed by atoms with Gasteiger partial charge in [-0.2, -0.15) is 0 Å². The number of fused-ring (bicyclic) bond motifs is 1. The van der Waals surface area contributed by atoms with Crippen LogP contribution in [0.15, 0.2) is 40.8 Å². The summed E-state index contributed by atoms with van der Waals surface area (Å²) in [7, 11) is 0. The SMILES string of the molecule is CC(=O)NCCc1ccc(C(=O)c2cc3cc([N+](=O)[O-])ccc3o2)s1. The van der Waals surface area contributed by atoms with E-state index in [-0.39, 0.29) is 23.1 Å². The lowest BCUT2D eigenvalue weighted by molar-refractivity contribution is -0.384. The summed E-state index contributed by atoms with van der Waals surface area (Å²) >= 11 is 1.34. The first kappa shape index (κ1) is 16.8. The molecule has 0 saturated heterocycles. The van der Waals surface area contributed by atoms with Crippen LogP contribution in [0.2, 0.25) is 0 Å². The van der Waals surface area contributed by atoms with Crippen molar-refractivity contribution in [1.82, 2.24) is 5.32 Å². The van der Waals surface area contributed by atoms with Gasteiger partial charge >= 0.3 is 0 Å². The van der Waals surface area contributed by atoms with Gasteiger partial charge in [-0.25, -0.2) is 0 Å². The van der Waals surface area contributed by atoms with Crippen LogP contribution < -0.4 is 5.32 Å². The molecule has 1 aromatic carbocycles. The molecule has 0 aliphatic carbocycles. The highest BCUT2D eigenvalue weighted by atomic mass is 32.1. The molecular weight excluding hydrogens is 344 g/mol. The molecule has 0 spiro atoms. The lowest BCUT2D eigenvalue weighted by Crippen LogP contribution is -2.22. The molecule has 0 saturated carbocycles. The van der Waals surface area contributed by atoms with Gasteiger partial charge in [0.1, 0.15) is 5.58 Å². The van der Waals surface area contributed by atoms with E-state index < -0.39 is 4.92 Å². The molecule has 1 N–H and O–H groups in total. The van der Waals surface area contributed by atoms with E-state index in [1.165, 1.54) is 42.5 Å². The Morgan fingerprint density at radius 1 is 1.24 bits per heavy atom. The number of ketones is 1. The zero-order valence-electron chi connectivity index (χ0n) is 13.3. The van der Waals surface area contributed by atoms with Gasteiger partial charge < -0.3 is 9.73 Å². The van der Waals surface area contributed by atoms with Gasteiger partial charge in [0.15, 0.2) is 5.76 Å². The van der Waals surface area contributed by atoms with E-state index in [4.69, 9.17) is 4.42 Å². The third-order valence-electron chi connectivity index (χ3n) is 3.57. The molecular formula is C17H14N2O5S. The predicted octanol–water partition coefficient (Wildman–Crippen LogP) is 3.31. The molecule has 3 rings (SSSR count). The van der Waals surface area contributed by atoms with Crippen LogP contribution in [0, 0.1) is 10.1 Å². The summed E-state index contributed by atoms with van der Waals surface area (Å²) in [5.41, 5.74) is 0.375. The fourth-order valence-electron chi connectivity index (χ4n) is 2.37. The zero-order chi connectivity index (χ0) is 18.0. The van der Waals surface area contributed by atoms with E-state index >= 15 is 0 Å². The maximum atomic E-state index is 12.5. The van der Waals surface area contributed by atoms with Crippen LogP contribution in [0.25, 0.3) is 11.0 Å². The van der Waals surface area contributed by atoms with Crippen molar-refractivity contribution >= 4 is 39.7 Å². The summed E-state index contributed by atoms with van der Waals surface area (Å²) in [6, 6.07) is 9.27. The first-order chi connectivity index (χ1) is 11.9. The van der Waals surface area contributed by atoms with Gasteiger partial charge in [0, 0.05) is 35.9 Å². The molecule has 128 valence electrons. The Morgan fingerprint density at radius 3 is 2.76 bits per heavy atom. The lowest BCUT2D eigenvalue weighted by atomic mass is 10.2. The molecule has 8 heteroatoms. The van der Waals surface area contributed by atoms with Crippen molar-refractivity contribution in [3.05, 3.63) is 62.0 Å². The van der Waals surface area contributed by atoms with Gasteiger partial charge in [-0.3, -0.25) is 19.7 Å². The van der Waals surface area contributed by atoms with E-state index in [2.05, 4.69) is 5.32 Å². The average Bonchev–Trinajstić information content (AvgIpc) is 3.19. The molecule has 2 aromatic heterocycles. The second-order valence-corrected chi connectivity index (χ2v) is 6.59. The summed E-state index contributed by atoms with van der Waals surface area (Å²) in [5.74, 6) is -0.218. The van der Waals surface area contributed by atoms with Crippen molar-refractivity contribution in [3.63, 3.8) is 0 Å². The first-order valence-electron chi connectivity index (χ1n) is 7.50. The zero-order valence-corrected chi connectivity index (χ0v) is 14.1. The van der Waals surface area contributed by atoms with Crippen LogP contribution in [0.4, 0.5) is 5.69 Å². The number of nitrogens with one attached hydrogen (secondary N) is 1. The summed E-state index contributed by atoms with van der Waals surface area (Å²) in [6.07, 6.45) is 0.643. The number of hydrogen-bond acceptors (Lipinski definition) is 6. The highest BCUT2D eigenvalue weighted by molar-refractivity contribution is 7.14. The van der Waals surface area contributed by atoms with Crippen LogP contribution >= 0.6 is 11.3 Å². The van der Waals surface area contributed by atoms with E-state index in [1.54, 1.807) is 6.07 Å². The van der Waals surface area contributed by atoms with Gasteiger partial charge in [-0.05, 0) is 30.7 Å². The van der Waals surface area contributed by atoms with E-state index in [1.807, 2.05) is 6.07 Å². The Labute approximate surface area is 146 Å². The molecule has 0 aliphatic heterocycles. The number of carbonyl (C=O) groups is 2. The van der Waals surface area contributed by atoms with Gasteiger partial charge in [-0.1, -0.05) is 0 Å². The highest BCUT2D eigenvalue weighted by Crippen LogP contribution is 2.27. The minimum atomic E-state index is -0.492. The van der Waals surface area contributed by atoms with Crippen LogP contribution in [0.1, 0.15) is 27.2 Å². The van der Waals surface area contributed by atoms with Crippen molar-refractivity contribution in [1.29, 1.82) is 0 Å². The Hall–Kier alpha value is -3.00. The van der Waals surface area contributed by atoms with Crippen LogP contribution in [-0.2, 0) is 11.2 Å². The Kier molecular flexibility index (Phi) is 4.62. The maximum Gasteiger partial charge on any atom is 0.270 e. The molecule has 2 heterocycles. The van der Waals surface area contributed by atoms with Gasteiger partial charge in [-0.15, -0.1) is 11.3 Å². The van der Waals surface area contributed by atoms with Crippen molar-refractivity contribution in [2.24, 2.45) is 0 Å². The second-order valence-electron chi connectivity index (χ2n) is 5.42. The quantitative estimate of drug-likeness (QED) is 0.414. The standard InChI is InChI=1S/C17H14N2O5S/c1-10(20)18-7-6-13-3-5-16(25-13)17(21)15-9-11-8-12(19(22)23)2-4-14(11)24-15/h2-5,8-9H,6-7H2,1H3,(H,18,20). The number of amides is 1. The number of nitrogens with zero attached hydrogens (tertiary/aromatic N) is 1. The highest BCUT2D eigenvalue weighted by Gasteiger charge is 2.18. The van der Waals surface area contributed by atoms with Crippen molar-refractivity contribution in [2.75, 3.05) is 6.54 Å². The van der Waals surface area contributed by atoms with Gasteiger partial charge in [0.05, 0.1) is 9.80 Å². The number of non-ortho nitro benzene ring substituents is 1. The van der Waals surface area contributed by atoms with Crippen molar-refractivity contribution < 1.29 is 18.9 Å². The van der Waals surface area contributed by atoms with E-state index in [0.717, 1.165) is 4.88 Å². The fourth-order valence-corrected chi connectivity index (χ4v) is 3.33. The fraction of sp³-hybridized carbons (Fsp3) is 0.176. The number of rotatable bonds is 6. The van der Waals surface area contributed by atoms with Crippen LogP contribution in [-0.4, -0.2) is 23.2 Å². The van der Waals surface area contributed by atoms with Crippen molar-refractivity contribution in [3.8, 4) is 0 Å². The Bertz CT molecular complexity index is 972. The molecule has 0 radical (unpaired) electrons. The number of furan rings is 1. The minimum Gasteiger partial charge on any atom is -0.453 e. The number of hydrogen-bond donors (Lipinski definition) is 1. The van der Waals surface area contributed by atoms with Crippen LogP contribution in [0.3, 0.4) is 0 Å². The monoisotopic (exact) mass is 358 g/mol. The molecule has 0 fully saturated rings. The van der Waals surface area contributed by atoms with Crippen LogP contribution in [0.5, 0.6) is 0 Å². The number of nitro groups is 1. The van der Waals surface area contributed by atoms with E-state index in [9.17, 15) is 19.7 Å². The number of nitro benzene ring substituents is 1. The number of thiophene rings is 1. The summed E-state index contributed by atoms with van der Waals surface area (Å²) in [6.45, 7) is 1.97. The van der Waals surface area contributed by atoms with Gasteiger partial charge in [0.25, 0.3) is 5.69 Å². The molecule has 0 aliphatic rings. The smallest absolute Gasteiger partial charge is 0.270 e. The predicted molar refractivity (Wildman–Crippen MR) is 93.0 cm³/mol. The molecule has 0 atom stereocenters. The first-order valence-corrected chi connectivity index (χ1v) is 8.31. The molecule has 0 bridgehead atoms. The minimum absolute atomic E-state index is 0.0521. The summed E-state index contributed by atoms with van der Waals surface area (Å²) < 4.78 is 5.52. The average molecular weight is 358 g/mol. The topological polar surface area (TPSA) is 102 Å². The number of benzene rings is 1. The Morgan fingerprint density at radius 2 is 2.04 bits per heavy atom. The van der Waals surface area contributed by atoms with E-state index in [0.29, 0.717) is 28.8 Å². The number of carbonyl (C=O) groups excluding carboxylic acids is 2. The summed E-state index contributed by atoms with van der Waals surface area (Å²) in [5, 5.41) is 14.0. The third kappa shape index (κ3) is 3.74. The van der Waals surface area contributed by atoms with Crippen molar-refractivity contribution in [2.45, 2.75) is 13.3 Å². The van der Waals surface area contributed by atoms with Gasteiger partial charge in [0.2, 0.25) is 11.7 Å². The normalized spacial score (nSPS) is 10.8.